The number of fused-ring (bicyclic) bond motifs is 4. The summed E-state index contributed by atoms with van der Waals surface area (Å²) in [5.41, 5.74) is 9.87. The van der Waals surface area contributed by atoms with Gasteiger partial charge in [-0.3, -0.25) is 9.69 Å². The van der Waals surface area contributed by atoms with Gasteiger partial charge in [-0.05, 0) is 80.5 Å². The van der Waals surface area contributed by atoms with Crippen molar-refractivity contribution in [3.63, 3.8) is 0 Å². The van der Waals surface area contributed by atoms with Gasteiger partial charge in [-0.2, -0.15) is 0 Å². The maximum atomic E-state index is 14.3. The van der Waals surface area contributed by atoms with Crippen molar-refractivity contribution in [3.05, 3.63) is 64.4 Å². The Labute approximate surface area is 204 Å². The van der Waals surface area contributed by atoms with E-state index in [1.54, 1.807) is 6.07 Å². The number of aryl methyl sites for hydroxylation is 1. The van der Waals surface area contributed by atoms with Gasteiger partial charge in [0.05, 0.1) is 0 Å². The molecule has 0 radical (unpaired) electrons. The minimum Gasteiger partial charge on any atom is -0.489 e. The highest BCUT2D eigenvalue weighted by Gasteiger charge is 2.32. The first-order chi connectivity index (χ1) is 15.9. The highest BCUT2D eigenvalue weighted by Crippen LogP contribution is 2.35. The van der Waals surface area contributed by atoms with Crippen molar-refractivity contribution in [3.8, 4) is 5.75 Å². The van der Waals surface area contributed by atoms with E-state index < -0.39 is 11.7 Å². The summed E-state index contributed by atoms with van der Waals surface area (Å²) in [5.74, 6) is -0.654. The largest absolute Gasteiger partial charge is 0.489 e. The molecule has 3 aromatic rings. The molecule has 2 aliphatic rings. The molecule has 34 heavy (non-hydrogen) atoms. The number of amides is 1. The Morgan fingerprint density at radius 3 is 2.79 bits per heavy atom. The van der Waals surface area contributed by atoms with Gasteiger partial charge in [-0.15, -0.1) is 12.4 Å². The van der Waals surface area contributed by atoms with Crippen molar-refractivity contribution < 1.29 is 18.3 Å². The van der Waals surface area contributed by atoms with Gasteiger partial charge in [-0.1, -0.05) is 6.92 Å². The number of ether oxygens (including phenoxy) is 1. The van der Waals surface area contributed by atoms with E-state index in [1.807, 2.05) is 6.07 Å². The third kappa shape index (κ3) is 4.51. The molecule has 0 spiro atoms. The Morgan fingerprint density at radius 1 is 1.21 bits per heavy atom. The predicted molar refractivity (Wildman–Crippen MR) is 131 cm³/mol. The van der Waals surface area contributed by atoms with E-state index in [9.17, 15) is 13.6 Å². The number of halogens is 3. The fourth-order valence-electron chi connectivity index (χ4n) is 5.56. The van der Waals surface area contributed by atoms with Crippen LogP contribution >= 0.6 is 12.4 Å². The minimum atomic E-state index is -0.566. The summed E-state index contributed by atoms with van der Waals surface area (Å²) in [6, 6.07) is 7.67. The SMILES string of the molecule is CCCN(C[C@H]1CCc2[nH]c3ccc(F)cc3c2C1)[C@H]1COc2c(F)ccc(C(N)=O)c2C1.Cl. The number of carbonyl (C=O) groups excluding carboxylic acids is 1. The first kappa shape index (κ1) is 24.5. The van der Waals surface area contributed by atoms with Crippen LogP contribution in [0.3, 0.4) is 0 Å². The van der Waals surface area contributed by atoms with Crippen LogP contribution in [-0.2, 0) is 19.3 Å². The van der Waals surface area contributed by atoms with Gasteiger partial charge in [0.15, 0.2) is 11.6 Å². The molecular weight excluding hydrogens is 460 g/mol. The maximum Gasteiger partial charge on any atom is 0.249 e. The van der Waals surface area contributed by atoms with Crippen LogP contribution in [0.25, 0.3) is 10.9 Å². The summed E-state index contributed by atoms with van der Waals surface area (Å²) in [7, 11) is 0. The molecule has 1 aliphatic carbocycles. The molecule has 182 valence electrons. The average Bonchev–Trinajstić information content (AvgIpc) is 3.16. The second kappa shape index (κ2) is 9.92. The first-order valence-corrected chi connectivity index (χ1v) is 11.7. The lowest BCUT2D eigenvalue weighted by atomic mass is 9.85. The molecule has 2 atom stereocenters. The van der Waals surface area contributed by atoms with Crippen LogP contribution in [0.2, 0.25) is 0 Å². The Morgan fingerprint density at radius 2 is 2.03 bits per heavy atom. The molecule has 8 heteroatoms. The summed E-state index contributed by atoms with van der Waals surface area (Å²) < 4.78 is 34.0. The van der Waals surface area contributed by atoms with Gasteiger partial charge in [0.25, 0.3) is 0 Å². The van der Waals surface area contributed by atoms with Crippen molar-refractivity contribution in [1.82, 2.24) is 9.88 Å². The third-order valence-electron chi connectivity index (χ3n) is 7.11. The molecule has 5 nitrogen and oxygen atoms in total. The Bertz CT molecular complexity index is 1210. The highest BCUT2D eigenvalue weighted by atomic mass is 35.5. The third-order valence-corrected chi connectivity index (χ3v) is 7.11. The zero-order chi connectivity index (χ0) is 23.1. The van der Waals surface area contributed by atoms with E-state index in [1.165, 1.54) is 29.5 Å². The molecule has 1 aliphatic heterocycles. The van der Waals surface area contributed by atoms with Gasteiger partial charge in [0, 0.05) is 40.3 Å². The van der Waals surface area contributed by atoms with E-state index in [-0.39, 0.29) is 30.0 Å². The minimum absolute atomic E-state index is 0. The first-order valence-electron chi connectivity index (χ1n) is 11.7. The zero-order valence-corrected chi connectivity index (χ0v) is 20.0. The molecule has 1 aromatic heterocycles. The molecule has 0 unspecified atom stereocenters. The summed E-state index contributed by atoms with van der Waals surface area (Å²) in [5, 5.41) is 0.980. The number of carbonyl (C=O) groups is 1. The number of rotatable bonds is 6. The molecule has 1 amide bonds. The number of nitrogens with zero attached hydrogens (tertiary/aromatic N) is 1. The molecule has 0 saturated heterocycles. The van der Waals surface area contributed by atoms with Gasteiger partial charge in [-0.25, -0.2) is 8.78 Å². The molecule has 2 heterocycles. The van der Waals surface area contributed by atoms with Crippen LogP contribution < -0.4 is 10.5 Å². The van der Waals surface area contributed by atoms with Crippen molar-refractivity contribution in [2.24, 2.45) is 11.7 Å². The lowest BCUT2D eigenvalue weighted by Gasteiger charge is -2.38. The molecule has 0 bridgehead atoms. The number of hydrogen-bond donors (Lipinski definition) is 2. The monoisotopic (exact) mass is 489 g/mol. The fourth-order valence-corrected chi connectivity index (χ4v) is 5.56. The molecule has 0 saturated carbocycles. The number of H-pyrrole nitrogens is 1. The number of aromatic nitrogens is 1. The van der Waals surface area contributed by atoms with Crippen LogP contribution in [0.15, 0.2) is 30.3 Å². The zero-order valence-electron chi connectivity index (χ0n) is 19.2. The van der Waals surface area contributed by atoms with Crippen molar-refractivity contribution in [2.75, 3.05) is 19.7 Å². The van der Waals surface area contributed by atoms with Crippen molar-refractivity contribution >= 4 is 29.2 Å². The van der Waals surface area contributed by atoms with Gasteiger partial charge in [0.1, 0.15) is 12.4 Å². The van der Waals surface area contributed by atoms with Crippen LogP contribution in [0, 0.1) is 17.6 Å². The summed E-state index contributed by atoms with van der Waals surface area (Å²) >= 11 is 0. The topological polar surface area (TPSA) is 71.3 Å². The number of aromatic amines is 1. The van der Waals surface area contributed by atoms with Gasteiger partial charge in [0.2, 0.25) is 5.91 Å². The lowest BCUT2D eigenvalue weighted by Crippen LogP contribution is -2.46. The second-order valence-corrected chi connectivity index (χ2v) is 9.31. The van der Waals surface area contributed by atoms with Crippen LogP contribution in [0.4, 0.5) is 8.78 Å². The van der Waals surface area contributed by atoms with Crippen LogP contribution in [0.5, 0.6) is 5.75 Å². The number of nitrogens with one attached hydrogen (secondary N) is 1. The van der Waals surface area contributed by atoms with Crippen molar-refractivity contribution in [1.29, 1.82) is 0 Å². The summed E-state index contributed by atoms with van der Waals surface area (Å²) in [6.45, 7) is 4.28. The van der Waals surface area contributed by atoms with E-state index in [0.29, 0.717) is 30.1 Å². The average molecular weight is 490 g/mol. The maximum absolute atomic E-state index is 14.3. The normalized spacial score (nSPS) is 19.3. The van der Waals surface area contributed by atoms with E-state index in [4.69, 9.17) is 10.5 Å². The summed E-state index contributed by atoms with van der Waals surface area (Å²) in [4.78, 5) is 17.8. The standard InChI is InChI=1S/C26H29F2N3O2.ClH/c1-2-9-31(17-12-21-18(26(29)32)5-6-22(28)25(21)33-14-17)13-15-3-7-23-19(10-15)20-11-16(27)4-8-24(20)30-23;/h4-6,8,11,15,17,30H,2-3,7,9-10,12-14H2,1H3,(H2,29,32);1H/t15-,17+;/m0./s1. The smallest absolute Gasteiger partial charge is 0.249 e. The highest BCUT2D eigenvalue weighted by molar-refractivity contribution is 5.95. The number of benzene rings is 2. The molecule has 0 fully saturated rings. The van der Waals surface area contributed by atoms with E-state index in [0.717, 1.165) is 49.7 Å². The Hall–Kier alpha value is -2.64. The predicted octanol–water partition coefficient (Wildman–Crippen LogP) is 4.79. The fraction of sp³-hybridized carbons (Fsp3) is 0.423. The Balaban J connectivity index is 0.00000274. The summed E-state index contributed by atoms with van der Waals surface area (Å²) in [6.07, 6.45) is 4.39. The second-order valence-electron chi connectivity index (χ2n) is 9.31. The molecule has 3 N–H and O–H groups in total. The quantitative estimate of drug-likeness (QED) is 0.523. The molecule has 5 rings (SSSR count). The van der Waals surface area contributed by atoms with Gasteiger partial charge >= 0.3 is 0 Å². The van der Waals surface area contributed by atoms with Gasteiger partial charge < -0.3 is 15.5 Å². The van der Waals surface area contributed by atoms with Crippen molar-refractivity contribution in [2.45, 2.75) is 45.1 Å². The van der Waals surface area contributed by atoms with E-state index >= 15 is 0 Å². The number of hydrogen-bond acceptors (Lipinski definition) is 3. The number of primary amides is 1. The van der Waals surface area contributed by atoms with Crippen LogP contribution in [0.1, 0.15) is 46.9 Å². The van der Waals surface area contributed by atoms with E-state index in [2.05, 4.69) is 16.8 Å². The van der Waals surface area contributed by atoms with Crippen LogP contribution in [-0.4, -0.2) is 41.5 Å². The molecular formula is C26H30ClF2N3O2. The lowest BCUT2D eigenvalue weighted by molar-refractivity contribution is 0.0940. The molecule has 2 aromatic carbocycles. The Kier molecular flexibility index (Phi) is 7.14. The number of nitrogens with two attached hydrogens (primary N) is 1.